The van der Waals surface area contributed by atoms with Crippen molar-refractivity contribution in [1.29, 1.82) is 0 Å². The fourth-order valence-electron chi connectivity index (χ4n) is 6.54. The van der Waals surface area contributed by atoms with Gasteiger partial charge in [-0.2, -0.15) is 0 Å². The van der Waals surface area contributed by atoms with Gasteiger partial charge in [0.2, 0.25) is 0 Å². The number of fused-ring (bicyclic) bond motifs is 8. The van der Waals surface area contributed by atoms with E-state index in [-0.39, 0.29) is 0 Å². The molecular weight excluding hydrogens is 312 g/mol. The van der Waals surface area contributed by atoms with Crippen molar-refractivity contribution in [3.8, 4) is 0 Å². The molecule has 2 fully saturated rings. The van der Waals surface area contributed by atoms with E-state index in [1.807, 2.05) is 0 Å². The lowest BCUT2D eigenvalue weighted by Gasteiger charge is -2.40. The van der Waals surface area contributed by atoms with E-state index in [1.54, 1.807) is 5.57 Å². The van der Waals surface area contributed by atoms with Crippen molar-refractivity contribution in [3.63, 3.8) is 0 Å². The Bertz CT molecular complexity index is 915. The third-order valence-electron chi connectivity index (χ3n) is 7.48. The molecule has 0 aromatic heterocycles. The van der Waals surface area contributed by atoms with Crippen molar-refractivity contribution in [2.45, 2.75) is 12.8 Å². The van der Waals surface area contributed by atoms with Crippen LogP contribution in [-0.4, -0.2) is 0 Å². The summed E-state index contributed by atoms with van der Waals surface area (Å²) in [5.74, 6) is 4.88. The monoisotopic (exact) mass is 336 g/mol. The second-order valence-corrected chi connectivity index (χ2v) is 8.53. The molecule has 0 aliphatic heterocycles. The first-order chi connectivity index (χ1) is 12.9. The van der Waals surface area contributed by atoms with Crippen molar-refractivity contribution < 1.29 is 0 Å². The van der Waals surface area contributed by atoms with Crippen LogP contribution >= 0.6 is 0 Å². The quantitative estimate of drug-likeness (QED) is 0.569. The van der Waals surface area contributed by atoms with Gasteiger partial charge in [-0.05, 0) is 70.6 Å². The Labute approximate surface area is 156 Å². The summed E-state index contributed by atoms with van der Waals surface area (Å²) in [5.41, 5.74) is 5.81. The Balaban J connectivity index is 1.50. The number of benzene rings is 2. The first-order valence-corrected chi connectivity index (χ1v) is 10.1. The van der Waals surface area contributed by atoms with Gasteiger partial charge < -0.3 is 0 Å². The smallest absolute Gasteiger partial charge is 0.00556 e. The summed E-state index contributed by atoms with van der Waals surface area (Å²) in [7, 11) is 0. The molecule has 0 spiro atoms. The van der Waals surface area contributed by atoms with Gasteiger partial charge in [-0.15, -0.1) is 0 Å². The first-order valence-electron chi connectivity index (χ1n) is 10.1. The Morgan fingerprint density at radius 2 is 1.42 bits per heavy atom. The van der Waals surface area contributed by atoms with Gasteiger partial charge in [0, 0.05) is 0 Å². The third kappa shape index (κ3) is 2.02. The Morgan fingerprint density at radius 3 is 2.19 bits per heavy atom. The van der Waals surface area contributed by atoms with Gasteiger partial charge in [0.15, 0.2) is 0 Å². The van der Waals surface area contributed by atoms with E-state index < -0.39 is 0 Å². The van der Waals surface area contributed by atoms with Crippen molar-refractivity contribution in [3.05, 3.63) is 96.1 Å². The van der Waals surface area contributed by atoms with Gasteiger partial charge in [0.1, 0.15) is 0 Å². The van der Waals surface area contributed by atoms with E-state index in [2.05, 4.69) is 85.0 Å². The van der Waals surface area contributed by atoms with Crippen molar-refractivity contribution >= 4 is 11.1 Å². The van der Waals surface area contributed by atoms with Crippen molar-refractivity contribution in [2.75, 3.05) is 0 Å². The third-order valence-corrected chi connectivity index (χ3v) is 7.48. The van der Waals surface area contributed by atoms with E-state index in [1.165, 1.54) is 29.5 Å². The lowest BCUT2D eigenvalue weighted by Crippen LogP contribution is -2.33. The predicted octanol–water partition coefficient (Wildman–Crippen LogP) is 6.24. The van der Waals surface area contributed by atoms with Gasteiger partial charge >= 0.3 is 0 Å². The van der Waals surface area contributed by atoms with E-state index in [0.29, 0.717) is 5.92 Å². The van der Waals surface area contributed by atoms with Crippen LogP contribution in [-0.2, 0) is 0 Å². The zero-order valence-electron chi connectivity index (χ0n) is 15.0. The minimum absolute atomic E-state index is 0.707. The van der Waals surface area contributed by atoms with Gasteiger partial charge in [0.25, 0.3) is 0 Å². The minimum Gasteiger partial charge on any atom is -0.0879 e. The molecule has 4 aliphatic carbocycles. The van der Waals surface area contributed by atoms with Crippen LogP contribution in [0.2, 0.25) is 0 Å². The Kier molecular flexibility index (Phi) is 3.17. The van der Waals surface area contributed by atoms with Crippen molar-refractivity contribution in [2.24, 2.45) is 35.5 Å². The van der Waals surface area contributed by atoms with E-state index in [4.69, 9.17) is 0 Å². The van der Waals surface area contributed by atoms with Crippen LogP contribution in [0.15, 0.2) is 85.0 Å². The van der Waals surface area contributed by atoms with E-state index in [0.717, 1.165) is 29.6 Å². The van der Waals surface area contributed by atoms with Crippen molar-refractivity contribution in [1.82, 2.24) is 0 Å². The number of rotatable bonds is 2. The van der Waals surface area contributed by atoms with E-state index in [9.17, 15) is 0 Å². The van der Waals surface area contributed by atoms with Crippen LogP contribution in [0.25, 0.3) is 11.1 Å². The average Bonchev–Trinajstić information content (AvgIpc) is 3.41. The maximum Gasteiger partial charge on any atom is -0.00556 e. The molecule has 26 heavy (non-hydrogen) atoms. The topological polar surface area (TPSA) is 0 Å². The molecule has 4 aliphatic rings. The van der Waals surface area contributed by atoms with Crippen LogP contribution in [0, 0.1) is 35.5 Å². The van der Waals surface area contributed by atoms with Crippen LogP contribution in [0.3, 0.4) is 0 Å². The number of hydrogen-bond donors (Lipinski definition) is 0. The molecule has 0 heteroatoms. The zero-order valence-corrected chi connectivity index (χ0v) is 15.0. The molecule has 2 aromatic carbocycles. The lowest BCUT2D eigenvalue weighted by atomic mass is 9.63. The first kappa shape index (κ1) is 14.8. The summed E-state index contributed by atoms with van der Waals surface area (Å²) in [6.07, 6.45) is 12.9. The maximum absolute atomic E-state index is 2.63. The largest absolute Gasteiger partial charge is 0.0879 e. The zero-order chi connectivity index (χ0) is 17.1. The average molecular weight is 336 g/mol. The fourth-order valence-corrected chi connectivity index (χ4v) is 6.54. The summed E-state index contributed by atoms with van der Waals surface area (Å²) in [6, 6.07) is 22.1. The summed E-state index contributed by atoms with van der Waals surface area (Å²) in [6.45, 7) is 0. The SMILES string of the molecule is C1=C[C@@H]2[C@H](C1)[C@H]1C[C@@H]2[C@@H]2C(c3ccccc3)=CC(c3ccccc3)=C[C@H]12. The number of hydrogen-bond acceptors (Lipinski definition) is 0. The summed E-state index contributed by atoms with van der Waals surface area (Å²) >= 11 is 0. The molecule has 6 rings (SSSR count). The van der Waals surface area contributed by atoms with Gasteiger partial charge in [-0.3, -0.25) is 0 Å². The summed E-state index contributed by atoms with van der Waals surface area (Å²) in [5, 5.41) is 0. The highest BCUT2D eigenvalue weighted by atomic mass is 14.6. The van der Waals surface area contributed by atoms with Crippen LogP contribution < -0.4 is 0 Å². The fraction of sp³-hybridized carbons (Fsp3) is 0.308. The van der Waals surface area contributed by atoms with Crippen LogP contribution in [0.4, 0.5) is 0 Å². The summed E-state index contributed by atoms with van der Waals surface area (Å²) in [4.78, 5) is 0. The molecule has 0 radical (unpaired) electrons. The normalized spacial score (nSPS) is 36.5. The highest BCUT2D eigenvalue weighted by Crippen LogP contribution is 2.66. The molecule has 0 amide bonds. The molecule has 0 nitrogen and oxygen atoms in total. The molecule has 0 unspecified atom stereocenters. The standard InChI is InChI=1S/C26H24/c1-3-8-17(9-4-1)19-14-22(18-10-5-2-6-11-18)26-24(15-19)23-16-25(26)21-13-7-12-20(21)23/h1-11,13-15,20-21,23-26H,12,16H2/t20-,21+,23+,24+,25-,26+/m0/s1. The highest BCUT2D eigenvalue weighted by molar-refractivity contribution is 5.87. The summed E-state index contributed by atoms with van der Waals surface area (Å²) < 4.78 is 0. The number of allylic oxidation sites excluding steroid dienone is 6. The Morgan fingerprint density at radius 1 is 0.692 bits per heavy atom. The maximum atomic E-state index is 2.63. The second-order valence-electron chi connectivity index (χ2n) is 8.53. The lowest BCUT2D eigenvalue weighted by molar-refractivity contribution is 0.197. The minimum atomic E-state index is 0.707. The molecule has 2 saturated carbocycles. The molecule has 0 N–H and O–H groups in total. The van der Waals surface area contributed by atoms with Crippen LogP contribution in [0.5, 0.6) is 0 Å². The highest BCUT2D eigenvalue weighted by Gasteiger charge is 2.58. The van der Waals surface area contributed by atoms with Crippen LogP contribution in [0.1, 0.15) is 24.0 Å². The molecule has 0 heterocycles. The van der Waals surface area contributed by atoms with Gasteiger partial charge in [-0.25, -0.2) is 0 Å². The Hall–Kier alpha value is -2.34. The van der Waals surface area contributed by atoms with E-state index >= 15 is 0 Å². The predicted molar refractivity (Wildman–Crippen MR) is 108 cm³/mol. The second kappa shape index (κ2) is 5.58. The van der Waals surface area contributed by atoms with Gasteiger partial charge in [-0.1, -0.05) is 85.0 Å². The van der Waals surface area contributed by atoms with Gasteiger partial charge in [0.05, 0.1) is 0 Å². The molecular formula is C26H24. The molecule has 2 aromatic rings. The molecule has 0 saturated heterocycles. The molecule has 128 valence electrons. The molecule has 2 bridgehead atoms. The molecule has 6 atom stereocenters.